The number of hydrogen-bond donors (Lipinski definition) is 1. The van der Waals surface area contributed by atoms with Crippen molar-refractivity contribution in [2.24, 2.45) is 0 Å². The fourth-order valence-electron chi connectivity index (χ4n) is 2.22. The van der Waals surface area contributed by atoms with E-state index >= 15 is 0 Å². The molecule has 1 aromatic carbocycles. The number of thiophene rings is 1. The van der Waals surface area contributed by atoms with Gasteiger partial charge in [-0.2, -0.15) is 0 Å². The van der Waals surface area contributed by atoms with Gasteiger partial charge in [-0.05, 0) is 30.7 Å². The monoisotopic (exact) mass is 302 g/mol. The quantitative estimate of drug-likeness (QED) is 0.570. The molecule has 0 fully saturated rings. The zero-order valence-corrected chi connectivity index (χ0v) is 13.0. The van der Waals surface area contributed by atoms with Crippen molar-refractivity contribution in [3.8, 4) is 5.75 Å². The lowest BCUT2D eigenvalue weighted by atomic mass is 10.1. The van der Waals surface area contributed by atoms with E-state index in [0.29, 0.717) is 6.61 Å². The van der Waals surface area contributed by atoms with Crippen LogP contribution in [0.5, 0.6) is 5.75 Å². The first kappa shape index (κ1) is 13.5. The third kappa shape index (κ3) is 2.81. The molecule has 2 aromatic heterocycles. The molecular formula is C16H16NOS2+. The Bertz CT molecular complexity index is 722. The smallest absolute Gasteiger partial charge is 0.182 e. The molecule has 0 atom stereocenters. The lowest BCUT2D eigenvalue weighted by molar-refractivity contribution is -0.697. The summed E-state index contributed by atoms with van der Waals surface area (Å²) in [5, 5.41) is 1.24. The van der Waals surface area contributed by atoms with Crippen LogP contribution in [0.2, 0.25) is 0 Å². The van der Waals surface area contributed by atoms with Crippen molar-refractivity contribution in [3.63, 3.8) is 0 Å². The van der Waals surface area contributed by atoms with Crippen molar-refractivity contribution < 1.29 is 9.30 Å². The fourth-order valence-corrected chi connectivity index (χ4v) is 3.50. The third-order valence-corrected chi connectivity index (χ3v) is 4.60. The van der Waals surface area contributed by atoms with E-state index in [9.17, 15) is 0 Å². The van der Waals surface area contributed by atoms with Crippen LogP contribution in [0.3, 0.4) is 0 Å². The normalized spacial score (nSPS) is 10.9. The molecule has 0 spiro atoms. The van der Waals surface area contributed by atoms with Crippen molar-refractivity contribution in [3.05, 3.63) is 54.4 Å². The number of nitrogens with zero attached hydrogens (tertiary/aromatic N) is 1. The Labute approximate surface area is 128 Å². The van der Waals surface area contributed by atoms with Gasteiger partial charge in [-0.15, -0.1) is 24.0 Å². The second-order valence-corrected chi connectivity index (χ2v) is 6.52. The first-order valence-electron chi connectivity index (χ1n) is 6.53. The first-order chi connectivity index (χ1) is 9.74. The van der Waals surface area contributed by atoms with Gasteiger partial charge in [-0.3, -0.25) is 0 Å². The van der Waals surface area contributed by atoms with Gasteiger partial charge in [0.15, 0.2) is 18.9 Å². The van der Waals surface area contributed by atoms with E-state index in [4.69, 9.17) is 4.74 Å². The molecule has 0 N–H and O–H groups in total. The molecule has 4 heteroatoms. The Morgan fingerprint density at radius 3 is 2.80 bits per heavy atom. The van der Waals surface area contributed by atoms with E-state index in [1.165, 1.54) is 15.6 Å². The molecule has 0 bridgehead atoms. The Kier molecular flexibility index (Phi) is 3.94. The van der Waals surface area contributed by atoms with Crippen molar-refractivity contribution >= 4 is 34.1 Å². The number of thiol groups is 1. The highest BCUT2D eigenvalue weighted by atomic mass is 32.2. The number of pyridine rings is 1. The fraction of sp³-hybridized carbons (Fsp3) is 0.188. The van der Waals surface area contributed by atoms with E-state index in [1.807, 2.05) is 30.6 Å². The van der Waals surface area contributed by atoms with Crippen LogP contribution in [0.4, 0.5) is 0 Å². The maximum Gasteiger partial charge on any atom is 0.182 e. The zero-order valence-electron chi connectivity index (χ0n) is 11.2. The van der Waals surface area contributed by atoms with Gasteiger partial charge >= 0.3 is 0 Å². The van der Waals surface area contributed by atoms with E-state index in [-0.39, 0.29) is 0 Å². The summed E-state index contributed by atoms with van der Waals surface area (Å²) in [5.74, 6) is 0.958. The largest absolute Gasteiger partial charge is 0.487 e. The van der Waals surface area contributed by atoms with Gasteiger partial charge in [0.05, 0.1) is 4.21 Å². The summed E-state index contributed by atoms with van der Waals surface area (Å²) in [5.41, 5.74) is 1.19. The molecule has 0 aliphatic rings. The average Bonchev–Trinajstić information content (AvgIpc) is 2.84. The molecule has 2 heterocycles. The summed E-state index contributed by atoms with van der Waals surface area (Å²) in [4.78, 5) is 0. The molecule has 0 saturated heterocycles. The second kappa shape index (κ2) is 5.85. The van der Waals surface area contributed by atoms with E-state index in [0.717, 1.165) is 16.5 Å². The average molecular weight is 302 g/mol. The van der Waals surface area contributed by atoms with Gasteiger partial charge in [-0.25, -0.2) is 4.57 Å². The Hall–Kier alpha value is -1.52. The highest BCUT2D eigenvalue weighted by molar-refractivity contribution is 7.83. The Morgan fingerprint density at radius 2 is 2.00 bits per heavy atom. The van der Waals surface area contributed by atoms with E-state index < -0.39 is 0 Å². The molecule has 0 unspecified atom stereocenters. The maximum absolute atomic E-state index is 5.92. The molecule has 0 saturated carbocycles. The lowest BCUT2D eigenvalue weighted by Crippen LogP contribution is -2.35. The summed E-state index contributed by atoms with van der Waals surface area (Å²) in [6.45, 7) is 3.62. The summed E-state index contributed by atoms with van der Waals surface area (Å²) in [7, 11) is 0. The number of fused-ring (bicyclic) bond motifs is 1. The van der Waals surface area contributed by atoms with Crippen LogP contribution in [0.1, 0.15) is 5.56 Å². The lowest BCUT2D eigenvalue weighted by Gasteiger charge is -2.08. The van der Waals surface area contributed by atoms with Gasteiger partial charge in [0.2, 0.25) is 0 Å². The molecule has 20 heavy (non-hydrogen) atoms. The number of aromatic nitrogens is 1. The molecule has 3 rings (SSSR count). The van der Waals surface area contributed by atoms with Crippen molar-refractivity contribution in [2.45, 2.75) is 17.7 Å². The van der Waals surface area contributed by atoms with E-state index in [2.05, 4.69) is 42.3 Å². The van der Waals surface area contributed by atoms with Crippen LogP contribution in [0.25, 0.3) is 10.1 Å². The number of rotatable bonds is 4. The molecule has 0 aliphatic carbocycles. The van der Waals surface area contributed by atoms with Gasteiger partial charge in [0, 0.05) is 22.2 Å². The Balaban J connectivity index is 1.73. The number of hydrogen-bond acceptors (Lipinski definition) is 3. The van der Waals surface area contributed by atoms with Crippen molar-refractivity contribution in [1.29, 1.82) is 0 Å². The maximum atomic E-state index is 5.92. The number of ether oxygens (including phenoxy) is 1. The Morgan fingerprint density at radius 1 is 1.20 bits per heavy atom. The molecule has 3 aromatic rings. The minimum Gasteiger partial charge on any atom is -0.487 e. The van der Waals surface area contributed by atoms with Gasteiger partial charge < -0.3 is 4.74 Å². The predicted octanol–water partition coefficient (Wildman–Crippen LogP) is 3.86. The summed E-state index contributed by atoms with van der Waals surface area (Å²) >= 11 is 6.12. The predicted molar refractivity (Wildman–Crippen MR) is 85.9 cm³/mol. The minimum absolute atomic E-state index is 0.666. The van der Waals surface area contributed by atoms with Crippen LogP contribution in [0.15, 0.2) is 53.0 Å². The van der Waals surface area contributed by atoms with Crippen LogP contribution in [-0.2, 0) is 6.54 Å². The number of benzene rings is 1. The van der Waals surface area contributed by atoms with Gasteiger partial charge in [0.25, 0.3) is 0 Å². The highest BCUT2D eigenvalue weighted by Gasteiger charge is 2.08. The third-order valence-electron chi connectivity index (χ3n) is 3.29. The molecule has 2 nitrogen and oxygen atoms in total. The molecular weight excluding hydrogens is 286 g/mol. The molecule has 0 radical (unpaired) electrons. The first-order valence-corrected chi connectivity index (χ1v) is 7.79. The molecule has 0 aliphatic heterocycles. The van der Waals surface area contributed by atoms with Crippen molar-refractivity contribution in [1.82, 2.24) is 0 Å². The highest BCUT2D eigenvalue weighted by Crippen LogP contribution is 2.34. The summed E-state index contributed by atoms with van der Waals surface area (Å²) in [6.07, 6.45) is 4.09. The summed E-state index contributed by atoms with van der Waals surface area (Å²) < 4.78 is 10.3. The molecule has 0 amide bonds. The standard InChI is InChI=1S/C16H15NOS2/c1-12-13-11-16(19)20-15(13)6-5-14(12)18-10-9-17-7-3-2-4-8-17/h2-8,11H,9-10H2,1H3/p+1. The van der Waals surface area contributed by atoms with Crippen LogP contribution in [0, 0.1) is 6.92 Å². The van der Waals surface area contributed by atoms with Gasteiger partial charge in [0.1, 0.15) is 12.4 Å². The minimum atomic E-state index is 0.666. The number of aryl methyl sites for hydroxylation is 1. The van der Waals surface area contributed by atoms with Crippen LogP contribution >= 0.6 is 24.0 Å². The van der Waals surface area contributed by atoms with Crippen LogP contribution < -0.4 is 9.30 Å². The zero-order chi connectivity index (χ0) is 13.9. The van der Waals surface area contributed by atoms with Gasteiger partial charge in [-0.1, -0.05) is 6.07 Å². The SMILES string of the molecule is Cc1c(OCC[n+]2ccccc2)ccc2sc(S)cc12. The summed E-state index contributed by atoms with van der Waals surface area (Å²) in [6, 6.07) is 12.3. The van der Waals surface area contributed by atoms with Crippen LogP contribution in [-0.4, -0.2) is 6.61 Å². The van der Waals surface area contributed by atoms with Crippen molar-refractivity contribution in [2.75, 3.05) is 6.61 Å². The topological polar surface area (TPSA) is 13.1 Å². The molecule has 102 valence electrons. The van der Waals surface area contributed by atoms with E-state index in [1.54, 1.807) is 11.3 Å². The second-order valence-electron chi connectivity index (χ2n) is 4.65.